The summed E-state index contributed by atoms with van der Waals surface area (Å²) in [5, 5.41) is 0. The van der Waals surface area contributed by atoms with Gasteiger partial charge in [0.2, 0.25) is 0 Å². The molecule has 2 rings (SSSR count). The lowest BCUT2D eigenvalue weighted by Crippen LogP contribution is -2.37. The number of rotatable bonds is 2. The lowest BCUT2D eigenvalue weighted by molar-refractivity contribution is 0.0323. The Morgan fingerprint density at radius 2 is 1.25 bits per heavy atom. The maximum absolute atomic E-state index is 2.38. The molecule has 0 radical (unpaired) electrons. The van der Waals surface area contributed by atoms with E-state index in [1.54, 1.807) is 25.7 Å². The van der Waals surface area contributed by atoms with Crippen LogP contribution in [0.5, 0.6) is 0 Å². The van der Waals surface area contributed by atoms with Gasteiger partial charge in [-0.15, -0.1) is 0 Å². The quantitative estimate of drug-likeness (QED) is 0.584. The third-order valence-electron chi connectivity index (χ3n) is 4.50. The minimum atomic E-state index is 1.08. The van der Waals surface area contributed by atoms with Crippen LogP contribution in [-0.4, -0.2) is 0 Å². The molecule has 0 aromatic carbocycles. The molecule has 2 aliphatic carbocycles. The monoisotopic (exact) mass is 166 g/mol. The van der Waals surface area contributed by atoms with E-state index in [1.807, 2.05) is 0 Å². The molecule has 2 saturated carbocycles. The number of hydrogen-bond donors (Lipinski definition) is 0. The van der Waals surface area contributed by atoms with Gasteiger partial charge in [-0.3, -0.25) is 0 Å². The van der Waals surface area contributed by atoms with Crippen LogP contribution in [0.4, 0.5) is 0 Å². The molecule has 0 aromatic heterocycles. The zero-order chi connectivity index (χ0) is 8.55. The normalized spacial score (nSPS) is 46.5. The summed E-state index contributed by atoms with van der Waals surface area (Å²) in [6.07, 6.45) is 9.11. The molecule has 0 heterocycles. The maximum Gasteiger partial charge on any atom is -0.0383 e. The summed E-state index contributed by atoms with van der Waals surface area (Å²) in [6.45, 7) is 4.76. The second kappa shape index (κ2) is 3.40. The van der Waals surface area contributed by atoms with Crippen LogP contribution >= 0.6 is 0 Å². The highest BCUT2D eigenvalue weighted by molar-refractivity contribution is 4.90. The van der Waals surface area contributed by atoms with Crippen LogP contribution in [0.1, 0.15) is 52.4 Å². The van der Waals surface area contributed by atoms with Crippen molar-refractivity contribution < 1.29 is 0 Å². The SMILES string of the molecule is CC[C@@H]1CC2CCC2C[C@@H]1CC. The molecule has 2 aliphatic rings. The molecule has 12 heavy (non-hydrogen) atoms. The van der Waals surface area contributed by atoms with Crippen molar-refractivity contribution in [3.63, 3.8) is 0 Å². The molecule has 4 atom stereocenters. The number of hydrogen-bond acceptors (Lipinski definition) is 0. The topological polar surface area (TPSA) is 0 Å². The van der Waals surface area contributed by atoms with Crippen molar-refractivity contribution in [2.75, 3.05) is 0 Å². The fraction of sp³-hybridized carbons (Fsp3) is 1.00. The summed E-state index contributed by atoms with van der Waals surface area (Å²) in [5.74, 6) is 4.46. The van der Waals surface area contributed by atoms with Crippen LogP contribution in [0.3, 0.4) is 0 Å². The second-order valence-electron chi connectivity index (χ2n) is 4.91. The molecule has 0 amide bonds. The summed E-state index contributed by atoms with van der Waals surface area (Å²) < 4.78 is 0. The van der Waals surface area contributed by atoms with E-state index in [4.69, 9.17) is 0 Å². The van der Waals surface area contributed by atoms with Crippen molar-refractivity contribution in [2.45, 2.75) is 52.4 Å². The molecular formula is C12H22. The smallest absolute Gasteiger partial charge is 0.0383 e. The Labute approximate surface area is 76.7 Å². The Kier molecular flexibility index (Phi) is 2.43. The van der Waals surface area contributed by atoms with Gasteiger partial charge in [-0.2, -0.15) is 0 Å². The summed E-state index contributed by atoms with van der Waals surface area (Å²) in [6, 6.07) is 0. The standard InChI is InChI=1S/C12H22/c1-3-9-7-11-5-6-12(11)8-10(9)4-2/h9-12H,3-8H2,1-2H3/t9-,10+,11?,12?. The fourth-order valence-electron chi connectivity index (χ4n) is 3.42. The second-order valence-corrected chi connectivity index (χ2v) is 4.91. The summed E-state index contributed by atoms with van der Waals surface area (Å²) >= 11 is 0. The molecule has 0 bridgehead atoms. The van der Waals surface area contributed by atoms with Gasteiger partial charge in [0.1, 0.15) is 0 Å². The molecular weight excluding hydrogens is 144 g/mol. The van der Waals surface area contributed by atoms with Crippen molar-refractivity contribution in [2.24, 2.45) is 23.7 Å². The van der Waals surface area contributed by atoms with E-state index < -0.39 is 0 Å². The average Bonchev–Trinajstić information content (AvgIpc) is 2.07. The first-order valence-corrected chi connectivity index (χ1v) is 5.85. The highest BCUT2D eigenvalue weighted by Gasteiger charge is 2.40. The van der Waals surface area contributed by atoms with E-state index in [2.05, 4.69) is 13.8 Å². The van der Waals surface area contributed by atoms with Gasteiger partial charge in [-0.1, -0.05) is 26.7 Å². The van der Waals surface area contributed by atoms with Crippen molar-refractivity contribution >= 4 is 0 Å². The van der Waals surface area contributed by atoms with Gasteiger partial charge in [0.25, 0.3) is 0 Å². The Bertz CT molecular complexity index is 132. The van der Waals surface area contributed by atoms with Gasteiger partial charge in [-0.25, -0.2) is 0 Å². The van der Waals surface area contributed by atoms with Gasteiger partial charge in [0.15, 0.2) is 0 Å². The maximum atomic E-state index is 2.38. The zero-order valence-electron chi connectivity index (χ0n) is 8.55. The Morgan fingerprint density at radius 1 is 0.833 bits per heavy atom. The Morgan fingerprint density at radius 3 is 1.50 bits per heavy atom. The molecule has 2 fully saturated rings. The van der Waals surface area contributed by atoms with Crippen LogP contribution in [0.25, 0.3) is 0 Å². The van der Waals surface area contributed by atoms with Crippen molar-refractivity contribution in [3.05, 3.63) is 0 Å². The third-order valence-corrected chi connectivity index (χ3v) is 4.50. The largest absolute Gasteiger partial charge is 0.0651 e. The molecule has 0 spiro atoms. The summed E-state index contributed by atoms with van der Waals surface area (Å²) in [4.78, 5) is 0. The van der Waals surface area contributed by atoms with Gasteiger partial charge in [-0.05, 0) is 49.4 Å². The van der Waals surface area contributed by atoms with E-state index in [0.29, 0.717) is 0 Å². The van der Waals surface area contributed by atoms with Crippen LogP contribution in [0.15, 0.2) is 0 Å². The molecule has 0 nitrogen and oxygen atoms in total. The molecule has 2 unspecified atom stereocenters. The third kappa shape index (κ3) is 1.30. The Hall–Kier alpha value is 0. The fourth-order valence-corrected chi connectivity index (χ4v) is 3.42. The lowest BCUT2D eigenvalue weighted by Gasteiger charge is -2.47. The van der Waals surface area contributed by atoms with Crippen molar-refractivity contribution in [1.29, 1.82) is 0 Å². The van der Waals surface area contributed by atoms with Crippen LogP contribution in [-0.2, 0) is 0 Å². The van der Waals surface area contributed by atoms with E-state index in [-0.39, 0.29) is 0 Å². The zero-order valence-corrected chi connectivity index (χ0v) is 8.55. The van der Waals surface area contributed by atoms with Crippen LogP contribution in [0, 0.1) is 23.7 Å². The van der Waals surface area contributed by atoms with Gasteiger partial charge in [0.05, 0.1) is 0 Å². The predicted octanol–water partition coefficient (Wildman–Crippen LogP) is 3.86. The van der Waals surface area contributed by atoms with Crippen LogP contribution in [0.2, 0.25) is 0 Å². The summed E-state index contributed by atoms with van der Waals surface area (Å²) in [5.41, 5.74) is 0. The Balaban J connectivity index is 1.95. The van der Waals surface area contributed by atoms with E-state index in [0.717, 1.165) is 23.7 Å². The molecule has 0 saturated heterocycles. The lowest BCUT2D eigenvalue weighted by atomic mass is 9.58. The first kappa shape index (κ1) is 8.59. The van der Waals surface area contributed by atoms with E-state index >= 15 is 0 Å². The first-order valence-electron chi connectivity index (χ1n) is 5.85. The van der Waals surface area contributed by atoms with Gasteiger partial charge < -0.3 is 0 Å². The van der Waals surface area contributed by atoms with Crippen LogP contribution < -0.4 is 0 Å². The van der Waals surface area contributed by atoms with Crippen molar-refractivity contribution in [1.82, 2.24) is 0 Å². The van der Waals surface area contributed by atoms with Gasteiger partial charge >= 0.3 is 0 Å². The summed E-state index contributed by atoms with van der Waals surface area (Å²) in [7, 11) is 0. The molecule has 0 aromatic rings. The average molecular weight is 166 g/mol. The molecule has 70 valence electrons. The van der Waals surface area contributed by atoms with Crippen molar-refractivity contribution in [3.8, 4) is 0 Å². The first-order chi connectivity index (χ1) is 5.85. The highest BCUT2D eigenvalue weighted by atomic mass is 14.4. The number of fused-ring (bicyclic) bond motifs is 1. The minimum Gasteiger partial charge on any atom is -0.0651 e. The highest BCUT2D eigenvalue weighted by Crippen LogP contribution is 2.50. The minimum absolute atomic E-state index is 1.08. The predicted molar refractivity (Wildman–Crippen MR) is 53.0 cm³/mol. The molecule has 0 N–H and O–H groups in total. The molecule has 0 heteroatoms. The molecule has 0 aliphatic heterocycles. The van der Waals surface area contributed by atoms with Gasteiger partial charge in [0, 0.05) is 0 Å². The van der Waals surface area contributed by atoms with E-state index in [9.17, 15) is 0 Å². The van der Waals surface area contributed by atoms with E-state index in [1.165, 1.54) is 12.8 Å².